The van der Waals surface area contributed by atoms with Crippen LogP contribution in [0.3, 0.4) is 0 Å². The first-order chi connectivity index (χ1) is 3.81. The summed E-state index contributed by atoms with van der Waals surface area (Å²) in [7, 11) is 0. The van der Waals surface area contributed by atoms with Gasteiger partial charge < -0.3 is 5.11 Å². The zero-order valence-electron chi connectivity index (χ0n) is 4.56. The lowest BCUT2D eigenvalue weighted by atomic mass is 10.2. The fraction of sp³-hybridized carbons (Fsp3) is 0.800. The molecule has 0 aromatic heterocycles. The van der Waals surface area contributed by atoms with Crippen molar-refractivity contribution >= 4 is 21.7 Å². The monoisotopic (exact) mass is 180 g/mol. The summed E-state index contributed by atoms with van der Waals surface area (Å²) >= 11 is 3.01. The SMILES string of the molecule is O=C(CBr)CCCO. The van der Waals surface area contributed by atoms with Gasteiger partial charge in [-0.25, -0.2) is 0 Å². The predicted molar refractivity (Wildman–Crippen MR) is 35.1 cm³/mol. The molecule has 0 radical (unpaired) electrons. The van der Waals surface area contributed by atoms with Gasteiger partial charge in [-0.2, -0.15) is 0 Å². The van der Waals surface area contributed by atoms with Crippen LogP contribution in [0.1, 0.15) is 12.8 Å². The highest BCUT2D eigenvalue weighted by Gasteiger charge is 1.95. The summed E-state index contributed by atoms with van der Waals surface area (Å²) in [6.45, 7) is 0.110. The molecule has 48 valence electrons. The molecule has 0 aromatic rings. The molecule has 0 aliphatic carbocycles. The fourth-order valence-electron chi connectivity index (χ4n) is 0.343. The Hall–Kier alpha value is 0.110. The van der Waals surface area contributed by atoms with Crippen LogP contribution < -0.4 is 0 Å². The Balaban J connectivity index is 2.99. The average Bonchev–Trinajstić information content (AvgIpc) is 1.83. The van der Waals surface area contributed by atoms with E-state index < -0.39 is 0 Å². The number of carbonyl (C=O) groups excluding carboxylic acids is 1. The van der Waals surface area contributed by atoms with E-state index in [-0.39, 0.29) is 12.4 Å². The van der Waals surface area contributed by atoms with E-state index in [1.165, 1.54) is 0 Å². The van der Waals surface area contributed by atoms with E-state index in [0.717, 1.165) is 0 Å². The summed E-state index contributed by atoms with van der Waals surface area (Å²) in [4.78, 5) is 10.4. The first-order valence-corrected chi connectivity index (χ1v) is 3.62. The summed E-state index contributed by atoms with van der Waals surface area (Å²) in [5, 5.41) is 8.65. The molecule has 0 unspecified atom stereocenters. The van der Waals surface area contributed by atoms with E-state index in [9.17, 15) is 4.79 Å². The van der Waals surface area contributed by atoms with E-state index >= 15 is 0 Å². The Bertz CT molecular complexity index is 72.8. The number of alkyl halides is 1. The standard InChI is InChI=1S/C5H9BrO2/c6-4-5(8)2-1-3-7/h7H,1-4H2. The molecule has 3 heteroatoms. The maximum atomic E-state index is 10.4. The van der Waals surface area contributed by atoms with Gasteiger partial charge in [-0.05, 0) is 6.42 Å². The molecule has 8 heavy (non-hydrogen) atoms. The third-order valence-corrected chi connectivity index (χ3v) is 1.39. The fourth-order valence-corrected chi connectivity index (χ4v) is 0.623. The van der Waals surface area contributed by atoms with Crippen LogP contribution >= 0.6 is 15.9 Å². The van der Waals surface area contributed by atoms with Gasteiger partial charge in [0.1, 0.15) is 5.78 Å². The molecule has 0 spiro atoms. The highest BCUT2D eigenvalue weighted by atomic mass is 79.9. The van der Waals surface area contributed by atoms with Crippen LogP contribution in [0.4, 0.5) is 0 Å². The zero-order valence-corrected chi connectivity index (χ0v) is 6.15. The number of Topliss-reactive ketones (excluding diaryl/α,β-unsaturated/α-hetero) is 1. The molecule has 0 fully saturated rings. The Morgan fingerprint density at radius 2 is 2.25 bits per heavy atom. The number of carbonyl (C=O) groups is 1. The third-order valence-electron chi connectivity index (χ3n) is 0.763. The molecule has 0 atom stereocenters. The topological polar surface area (TPSA) is 37.3 Å². The second kappa shape index (κ2) is 5.25. The van der Waals surface area contributed by atoms with E-state index in [4.69, 9.17) is 5.11 Å². The highest BCUT2D eigenvalue weighted by molar-refractivity contribution is 9.09. The Kier molecular flexibility index (Phi) is 5.32. The average molecular weight is 181 g/mol. The quantitative estimate of drug-likeness (QED) is 0.649. The first-order valence-electron chi connectivity index (χ1n) is 2.49. The molecule has 0 heterocycles. The molecular formula is C5H9BrO2. The zero-order chi connectivity index (χ0) is 6.41. The summed E-state index contributed by atoms with van der Waals surface area (Å²) < 4.78 is 0. The molecule has 0 saturated heterocycles. The molecule has 0 rings (SSSR count). The van der Waals surface area contributed by atoms with Crippen molar-refractivity contribution in [1.82, 2.24) is 0 Å². The Labute approximate surface area is 57.0 Å². The first kappa shape index (κ1) is 8.11. The lowest BCUT2D eigenvalue weighted by molar-refractivity contribution is -0.116. The lowest BCUT2D eigenvalue weighted by Gasteiger charge is -1.90. The van der Waals surface area contributed by atoms with Crippen molar-refractivity contribution in [3.8, 4) is 0 Å². The second-order valence-corrected chi connectivity index (χ2v) is 2.06. The van der Waals surface area contributed by atoms with Crippen LogP contribution in [-0.4, -0.2) is 22.8 Å². The molecule has 0 aliphatic rings. The number of hydrogen-bond acceptors (Lipinski definition) is 2. The molecule has 0 aromatic carbocycles. The van der Waals surface area contributed by atoms with Gasteiger partial charge in [-0.3, -0.25) is 4.79 Å². The van der Waals surface area contributed by atoms with Gasteiger partial charge in [-0.15, -0.1) is 0 Å². The minimum absolute atomic E-state index is 0.110. The smallest absolute Gasteiger partial charge is 0.143 e. The summed E-state index contributed by atoms with van der Waals surface area (Å²) in [6, 6.07) is 0. The van der Waals surface area contributed by atoms with Crippen molar-refractivity contribution in [2.24, 2.45) is 0 Å². The van der Waals surface area contributed by atoms with Crippen molar-refractivity contribution in [2.45, 2.75) is 12.8 Å². The van der Waals surface area contributed by atoms with Gasteiger partial charge in [0.05, 0.1) is 5.33 Å². The number of halogens is 1. The molecule has 0 aliphatic heterocycles. The van der Waals surface area contributed by atoms with Gasteiger partial charge in [-0.1, -0.05) is 15.9 Å². The second-order valence-electron chi connectivity index (χ2n) is 1.50. The van der Waals surface area contributed by atoms with Crippen molar-refractivity contribution in [3.63, 3.8) is 0 Å². The van der Waals surface area contributed by atoms with Crippen LogP contribution in [0.5, 0.6) is 0 Å². The van der Waals surface area contributed by atoms with E-state index in [2.05, 4.69) is 15.9 Å². The Morgan fingerprint density at radius 3 is 2.62 bits per heavy atom. The number of aliphatic hydroxyl groups excluding tert-OH is 1. The van der Waals surface area contributed by atoms with Gasteiger partial charge in [0.15, 0.2) is 0 Å². The molecule has 1 N–H and O–H groups in total. The van der Waals surface area contributed by atoms with Crippen molar-refractivity contribution in [1.29, 1.82) is 0 Å². The normalized spacial score (nSPS) is 9.25. The number of rotatable bonds is 4. The summed E-state index contributed by atoms with van der Waals surface area (Å²) in [6.07, 6.45) is 1.08. The minimum Gasteiger partial charge on any atom is -0.396 e. The van der Waals surface area contributed by atoms with Crippen molar-refractivity contribution < 1.29 is 9.90 Å². The highest BCUT2D eigenvalue weighted by Crippen LogP contribution is 1.92. The van der Waals surface area contributed by atoms with Crippen molar-refractivity contribution in [3.05, 3.63) is 0 Å². The van der Waals surface area contributed by atoms with E-state index in [0.29, 0.717) is 18.2 Å². The van der Waals surface area contributed by atoms with Gasteiger partial charge in [0, 0.05) is 13.0 Å². The minimum atomic E-state index is 0.110. The van der Waals surface area contributed by atoms with Crippen LogP contribution in [0.15, 0.2) is 0 Å². The number of aliphatic hydroxyl groups is 1. The lowest BCUT2D eigenvalue weighted by Crippen LogP contribution is -1.99. The van der Waals surface area contributed by atoms with Crippen LogP contribution in [-0.2, 0) is 4.79 Å². The van der Waals surface area contributed by atoms with Gasteiger partial charge >= 0.3 is 0 Å². The van der Waals surface area contributed by atoms with E-state index in [1.807, 2.05) is 0 Å². The van der Waals surface area contributed by atoms with Crippen molar-refractivity contribution in [2.75, 3.05) is 11.9 Å². The Morgan fingerprint density at radius 1 is 1.62 bits per heavy atom. The van der Waals surface area contributed by atoms with Gasteiger partial charge in [0.2, 0.25) is 0 Å². The summed E-state index contributed by atoms with van der Waals surface area (Å²) in [5.41, 5.74) is 0. The predicted octanol–water partition coefficient (Wildman–Crippen LogP) is 0.723. The molecule has 0 saturated carbocycles. The number of hydrogen-bond donors (Lipinski definition) is 1. The maximum Gasteiger partial charge on any atom is 0.143 e. The number of ketones is 1. The summed E-state index contributed by atoms with van der Waals surface area (Å²) in [5.74, 6) is 0.152. The van der Waals surface area contributed by atoms with Gasteiger partial charge in [0.25, 0.3) is 0 Å². The van der Waals surface area contributed by atoms with Crippen LogP contribution in [0.25, 0.3) is 0 Å². The van der Waals surface area contributed by atoms with Crippen LogP contribution in [0.2, 0.25) is 0 Å². The maximum absolute atomic E-state index is 10.4. The molecule has 2 nitrogen and oxygen atoms in total. The molecule has 0 bridgehead atoms. The largest absolute Gasteiger partial charge is 0.396 e. The van der Waals surface area contributed by atoms with Crippen LogP contribution in [0, 0.1) is 0 Å². The van der Waals surface area contributed by atoms with E-state index in [1.54, 1.807) is 0 Å². The molecular weight excluding hydrogens is 172 g/mol. The third kappa shape index (κ3) is 4.27. The molecule has 0 amide bonds.